The Labute approximate surface area is 91.3 Å². The highest BCUT2D eigenvalue weighted by molar-refractivity contribution is 7.85. The summed E-state index contributed by atoms with van der Waals surface area (Å²) in [5, 5.41) is 3.11. The van der Waals surface area contributed by atoms with Crippen molar-refractivity contribution in [3.05, 3.63) is 24.3 Å². The number of hydrogen-bond acceptors (Lipinski definition) is 5. The molecule has 0 amide bonds. The molecule has 0 saturated heterocycles. The molecule has 2 N–H and O–H groups in total. The zero-order valence-corrected chi connectivity index (χ0v) is 9.18. The summed E-state index contributed by atoms with van der Waals surface area (Å²) >= 11 is 0. The van der Waals surface area contributed by atoms with E-state index in [1.54, 1.807) is 0 Å². The molecule has 0 atom stereocenters. The number of nitrogens with zero attached hydrogens (tertiary/aromatic N) is 2. The highest BCUT2D eigenvalue weighted by atomic mass is 32.2. The SMILES string of the molecule is O=S(=O)(O)N=Nc1ccc(S(=O)(=O)O)cc1. The Balaban J connectivity index is 3.02. The average molecular weight is 266 g/mol. The van der Waals surface area contributed by atoms with E-state index in [2.05, 4.69) is 9.63 Å². The molecular formula is C6H6N2O6S2. The first-order chi connectivity index (χ1) is 7.18. The minimum Gasteiger partial charge on any atom is -0.282 e. The molecule has 1 rings (SSSR count). The van der Waals surface area contributed by atoms with Crippen LogP contribution in [0.1, 0.15) is 0 Å². The van der Waals surface area contributed by atoms with Gasteiger partial charge in [-0.3, -0.25) is 9.11 Å². The molecule has 88 valence electrons. The van der Waals surface area contributed by atoms with E-state index in [4.69, 9.17) is 9.11 Å². The van der Waals surface area contributed by atoms with Crippen molar-refractivity contribution >= 4 is 26.1 Å². The van der Waals surface area contributed by atoms with Gasteiger partial charge in [0.05, 0.1) is 10.6 Å². The fourth-order valence-corrected chi connectivity index (χ4v) is 1.46. The van der Waals surface area contributed by atoms with Gasteiger partial charge in [-0.1, -0.05) is 0 Å². The summed E-state index contributed by atoms with van der Waals surface area (Å²) in [6, 6.07) is 4.23. The Kier molecular flexibility index (Phi) is 3.38. The quantitative estimate of drug-likeness (QED) is 0.614. The molecule has 1 aromatic rings. The van der Waals surface area contributed by atoms with Gasteiger partial charge in [-0.2, -0.15) is 16.8 Å². The van der Waals surface area contributed by atoms with Gasteiger partial charge in [-0.15, -0.1) is 5.11 Å². The van der Waals surface area contributed by atoms with Gasteiger partial charge in [-0.05, 0) is 28.8 Å². The van der Waals surface area contributed by atoms with Crippen molar-refractivity contribution in [2.24, 2.45) is 9.63 Å². The second kappa shape index (κ2) is 4.25. The standard InChI is InChI=1S/C6H6N2O6S2/c9-15(10,11)6-3-1-5(2-4-6)7-8-16(12,13)14/h1-4H,(H,9,10,11)(H,12,13,14). The van der Waals surface area contributed by atoms with Gasteiger partial charge in [0.15, 0.2) is 0 Å². The summed E-state index contributed by atoms with van der Waals surface area (Å²) < 4.78 is 61.1. The van der Waals surface area contributed by atoms with Crippen molar-refractivity contribution in [2.45, 2.75) is 4.90 Å². The van der Waals surface area contributed by atoms with Gasteiger partial charge in [0.1, 0.15) is 0 Å². The molecule has 0 aliphatic carbocycles. The molecular weight excluding hydrogens is 260 g/mol. The number of benzene rings is 1. The summed E-state index contributed by atoms with van der Waals surface area (Å²) in [7, 11) is -8.87. The van der Waals surface area contributed by atoms with E-state index >= 15 is 0 Å². The molecule has 0 saturated carbocycles. The molecule has 1 aromatic carbocycles. The fraction of sp³-hybridized carbons (Fsp3) is 0. The smallest absolute Gasteiger partial charge is 0.282 e. The van der Waals surface area contributed by atoms with Crippen LogP contribution in [-0.2, 0) is 20.4 Å². The van der Waals surface area contributed by atoms with Crippen LogP contribution in [0.25, 0.3) is 0 Å². The molecule has 0 unspecified atom stereocenters. The van der Waals surface area contributed by atoms with E-state index in [1.807, 2.05) is 0 Å². The summed E-state index contributed by atoms with van der Waals surface area (Å²) in [5.74, 6) is 0. The van der Waals surface area contributed by atoms with Crippen LogP contribution in [0.5, 0.6) is 0 Å². The lowest BCUT2D eigenvalue weighted by Crippen LogP contribution is -1.96. The minimum atomic E-state index is -4.57. The molecule has 0 heterocycles. The van der Waals surface area contributed by atoms with Gasteiger partial charge in [-0.25, -0.2) is 0 Å². The summed E-state index contributed by atoms with van der Waals surface area (Å²) in [5.41, 5.74) is 0.00465. The van der Waals surface area contributed by atoms with Crippen LogP contribution in [0.2, 0.25) is 0 Å². The molecule has 16 heavy (non-hydrogen) atoms. The molecule has 0 spiro atoms. The Morgan fingerprint density at radius 1 is 0.938 bits per heavy atom. The molecule has 0 radical (unpaired) electrons. The van der Waals surface area contributed by atoms with Crippen LogP contribution < -0.4 is 0 Å². The minimum absolute atomic E-state index is 0.00465. The van der Waals surface area contributed by atoms with E-state index in [-0.39, 0.29) is 10.6 Å². The van der Waals surface area contributed by atoms with Crippen LogP contribution in [-0.4, -0.2) is 25.9 Å². The van der Waals surface area contributed by atoms with Gasteiger partial charge >= 0.3 is 10.3 Å². The maximum absolute atomic E-state index is 10.6. The molecule has 8 nitrogen and oxygen atoms in total. The fourth-order valence-electron chi connectivity index (χ4n) is 0.784. The lowest BCUT2D eigenvalue weighted by molar-refractivity contribution is 0.480. The summed E-state index contributed by atoms with van der Waals surface area (Å²) in [6.07, 6.45) is 0. The highest BCUT2D eigenvalue weighted by Gasteiger charge is 2.08. The normalized spacial score (nSPS) is 13.1. The second-order valence-corrected chi connectivity index (χ2v) is 5.08. The van der Waals surface area contributed by atoms with E-state index < -0.39 is 20.4 Å². The molecule has 10 heteroatoms. The van der Waals surface area contributed by atoms with Crippen molar-refractivity contribution < 1.29 is 25.9 Å². The Morgan fingerprint density at radius 2 is 1.44 bits per heavy atom. The van der Waals surface area contributed by atoms with Gasteiger partial charge in [0.2, 0.25) is 0 Å². The third-order valence-electron chi connectivity index (χ3n) is 1.39. The maximum atomic E-state index is 10.6. The predicted octanol–water partition coefficient (Wildman–Crippen LogP) is 0.820. The van der Waals surface area contributed by atoms with E-state index in [0.717, 1.165) is 24.3 Å². The zero-order chi connectivity index (χ0) is 12.4. The van der Waals surface area contributed by atoms with Crippen LogP contribution in [0.15, 0.2) is 38.8 Å². The zero-order valence-electron chi connectivity index (χ0n) is 7.55. The Hall–Kier alpha value is -1.36. The molecule has 0 aliphatic heterocycles. The van der Waals surface area contributed by atoms with E-state index in [9.17, 15) is 16.8 Å². The Bertz CT molecular complexity index is 601. The van der Waals surface area contributed by atoms with Crippen molar-refractivity contribution in [3.8, 4) is 0 Å². The predicted molar refractivity (Wildman–Crippen MR) is 52.3 cm³/mol. The average Bonchev–Trinajstić information content (AvgIpc) is 2.13. The Morgan fingerprint density at radius 3 is 1.81 bits per heavy atom. The molecule has 0 fully saturated rings. The molecule has 0 aromatic heterocycles. The van der Waals surface area contributed by atoms with E-state index in [0.29, 0.717) is 0 Å². The number of rotatable bonds is 3. The topological polar surface area (TPSA) is 133 Å². The van der Waals surface area contributed by atoms with Crippen molar-refractivity contribution in [1.29, 1.82) is 0 Å². The first-order valence-electron chi connectivity index (χ1n) is 3.66. The third-order valence-corrected chi connectivity index (χ3v) is 2.55. The second-order valence-electron chi connectivity index (χ2n) is 2.60. The molecule has 0 aliphatic rings. The summed E-state index contributed by atoms with van der Waals surface area (Å²) in [4.78, 5) is -0.363. The first-order valence-corrected chi connectivity index (χ1v) is 6.50. The molecule has 0 bridgehead atoms. The lowest BCUT2D eigenvalue weighted by Gasteiger charge is -1.96. The van der Waals surface area contributed by atoms with Crippen LogP contribution in [0.3, 0.4) is 0 Å². The maximum Gasteiger partial charge on any atom is 0.396 e. The van der Waals surface area contributed by atoms with Crippen LogP contribution in [0.4, 0.5) is 5.69 Å². The monoisotopic (exact) mass is 266 g/mol. The van der Waals surface area contributed by atoms with Crippen molar-refractivity contribution in [1.82, 2.24) is 0 Å². The number of hydrogen-bond donors (Lipinski definition) is 2. The van der Waals surface area contributed by atoms with E-state index in [1.165, 1.54) is 0 Å². The van der Waals surface area contributed by atoms with Crippen molar-refractivity contribution in [3.63, 3.8) is 0 Å². The summed E-state index contributed by atoms with van der Waals surface area (Å²) in [6.45, 7) is 0. The van der Waals surface area contributed by atoms with Gasteiger partial charge in [0.25, 0.3) is 10.1 Å². The van der Waals surface area contributed by atoms with Gasteiger partial charge < -0.3 is 0 Å². The largest absolute Gasteiger partial charge is 0.396 e. The van der Waals surface area contributed by atoms with Gasteiger partial charge in [0, 0.05) is 0 Å². The van der Waals surface area contributed by atoms with Crippen LogP contribution >= 0.6 is 0 Å². The highest BCUT2D eigenvalue weighted by Crippen LogP contribution is 2.16. The third kappa shape index (κ3) is 4.02. The van der Waals surface area contributed by atoms with Crippen molar-refractivity contribution in [2.75, 3.05) is 0 Å². The lowest BCUT2D eigenvalue weighted by atomic mass is 10.3. The van der Waals surface area contributed by atoms with Crippen LogP contribution in [0, 0.1) is 0 Å². The first kappa shape index (κ1) is 12.7.